The molecule has 2 aromatic carbocycles. The third-order valence-electron chi connectivity index (χ3n) is 3.34. The molecule has 0 radical (unpaired) electrons. The molecule has 6 heteroatoms. The second-order valence-electron chi connectivity index (χ2n) is 5.16. The number of fused-ring (bicyclic) bond motifs is 1. The molecule has 0 aliphatic carbocycles. The number of anilines is 1. The normalized spacial score (nSPS) is 13.5. The minimum atomic E-state index is -0.166. The molecular weight excluding hydrogens is 302 g/mol. The molecule has 1 amide bonds. The van der Waals surface area contributed by atoms with Crippen LogP contribution in [0.2, 0.25) is 0 Å². The van der Waals surface area contributed by atoms with E-state index in [9.17, 15) is 15.0 Å². The molecule has 0 saturated heterocycles. The van der Waals surface area contributed by atoms with Gasteiger partial charge in [-0.15, -0.1) is 11.8 Å². The van der Waals surface area contributed by atoms with E-state index in [4.69, 9.17) is 4.74 Å². The first-order valence-electron chi connectivity index (χ1n) is 6.72. The van der Waals surface area contributed by atoms with Gasteiger partial charge in [-0.25, -0.2) is 0 Å². The number of rotatable bonds is 2. The van der Waals surface area contributed by atoms with Crippen LogP contribution in [0, 0.1) is 13.8 Å². The summed E-state index contributed by atoms with van der Waals surface area (Å²) in [6.45, 7) is 3.68. The van der Waals surface area contributed by atoms with E-state index < -0.39 is 0 Å². The molecule has 0 fully saturated rings. The zero-order valence-corrected chi connectivity index (χ0v) is 13.0. The predicted molar refractivity (Wildman–Crippen MR) is 85.1 cm³/mol. The summed E-state index contributed by atoms with van der Waals surface area (Å²) < 4.78 is 5.85. The van der Waals surface area contributed by atoms with Crippen molar-refractivity contribution in [2.75, 3.05) is 11.1 Å². The number of carbonyl (C=O) groups is 1. The van der Waals surface area contributed by atoms with Gasteiger partial charge in [-0.1, -0.05) is 6.07 Å². The molecular formula is C16H15NO4S. The van der Waals surface area contributed by atoms with E-state index in [-0.39, 0.29) is 23.2 Å². The number of ether oxygens (including phenoxy) is 1. The zero-order chi connectivity index (χ0) is 15.9. The van der Waals surface area contributed by atoms with Crippen LogP contribution in [0.25, 0.3) is 0 Å². The largest absolute Gasteiger partial charge is 0.506 e. The number of thioether (sulfide) groups is 1. The Labute approximate surface area is 131 Å². The molecule has 0 bridgehead atoms. The number of aromatic hydroxyl groups is 2. The number of aryl methyl sites for hydroxylation is 2. The van der Waals surface area contributed by atoms with Gasteiger partial charge in [-0.05, 0) is 43.2 Å². The lowest BCUT2D eigenvalue weighted by Crippen LogP contribution is -2.19. The van der Waals surface area contributed by atoms with E-state index in [0.717, 1.165) is 11.1 Å². The lowest BCUT2D eigenvalue weighted by atomic mass is 10.1. The number of hydrogen-bond donors (Lipinski definition) is 3. The van der Waals surface area contributed by atoms with Gasteiger partial charge in [0.05, 0.1) is 10.6 Å². The summed E-state index contributed by atoms with van der Waals surface area (Å²) in [5.41, 5.74) is 2.00. The van der Waals surface area contributed by atoms with Crippen LogP contribution < -0.4 is 10.1 Å². The predicted octanol–water partition coefficient (Wildman–Crippen LogP) is 3.55. The quantitative estimate of drug-likeness (QED) is 0.738. The third-order valence-corrected chi connectivity index (χ3v) is 4.42. The fourth-order valence-electron chi connectivity index (χ4n) is 2.27. The highest BCUT2D eigenvalue weighted by Crippen LogP contribution is 2.48. The maximum absolute atomic E-state index is 11.5. The molecule has 0 aromatic heterocycles. The molecule has 2 aromatic rings. The van der Waals surface area contributed by atoms with Crippen LogP contribution in [0.3, 0.4) is 0 Å². The number of phenolic OH excluding ortho intramolecular Hbond substituents is 2. The summed E-state index contributed by atoms with van der Waals surface area (Å²) in [6, 6.07) is 6.68. The summed E-state index contributed by atoms with van der Waals surface area (Å²) in [5, 5.41) is 22.6. The summed E-state index contributed by atoms with van der Waals surface area (Å²) in [5.74, 6) is 1.00. The molecule has 1 aliphatic heterocycles. The monoisotopic (exact) mass is 317 g/mol. The molecule has 0 unspecified atom stereocenters. The minimum Gasteiger partial charge on any atom is -0.506 e. The van der Waals surface area contributed by atoms with E-state index >= 15 is 0 Å². The van der Waals surface area contributed by atoms with Gasteiger partial charge in [-0.2, -0.15) is 0 Å². The first-order valence-corrected chi connectivity index (χ1v) is 7.71. The van der Waals surface area contributed by atoms with Gasteiger partial charge in [-0.3, -0.25) is 4.79 Å². The molecule has 1 aliphatic rings. The van der Waals surface area contributed by atoms with Gasteiger partial charge >= 0.3 is 0 Å². The number of amides is 1. The van der Waals surface area contributed by atoms with Gasteiger partial charge in [0.15, 0.2) is 11.5 Å². The standard InChI is InChI=1S/C16H15NO4S/c1-8-3-4-12(10(18)5-8)21-15-9(2)6-11(19)14-16(15)22-7-13(20)17-14/h3-6,18-19H,7H2,1-2H3,(H,17,20). The van der Waals surface area contributed by atoms with Gasteiger partial charge in [0, 0.05) is 0 Å². The van der Waals surface area contributed by atoms with E-state index in [1.54, 1.807) is 19.1 Å². The Kier molecular flexibility index (Phi) is 3.62. The number of nitrogens with one attached hydrogen (secondary N) is 1. The van der Waals surface area contributed by atoms with Crippen LogP contribution in [0.4, 0.5) is 5.69 Å². The SMILES string of the molecule is Cc1ccc(Oc2c(C)cc(O)c3c2SCC(=O)N3)c(O)c1. The van der Waals surface area contributed by atoms with E-state index in [0.29, 0.717) is 22.1 Å². The molecule has 0 spiro atoms. The Morgan fingerprint density at radius 3 is 2.68 bits per heavy atom. The summed E-state index contributed by atoms with van der Waals surface area (Å²) >= 11 is 1.30. The minimum absolute atomic E-state index is 0.00790. The Balaban J connectivity index is 2.07. The highest BCUT2D eigenvalue weighted by molar-refractivity contribution is 8.00. The molecule has 3 N–H and O–H groups in total. The van der Waals surface area contributed by atoms with Gasteiger partial charge < -0.3 is 20.3 Å². The fraction of sp³-hybridized carbons (Fsp3) is 0.188. The van der Waals surface area contributed by atoms with Crippen molar-refractivity contribution >= 4 is 23.4 Å². The van der Waals surface area contributed by atoms with Crippen LogP contribution in [-0.2, 0) is 4.79 Å². The topological polar surface area (TPSA) is 78.8 Å². The number of phenols is 2. The summed E-state index contributed by atoms with van der Waals surface area (Å²) in [6.07, 6.45) is 0. The smallest absolute Gasteiger partial charge is 0.234 e. The lowest BCUT2D eigenvalue weighted by Gasteiger charge is -2.22. The highest BCUT2D eigenvalue weighted by atomic mass is 32.2. The lowest BCUT2D eigenvalue weighted by molar-refractivity contribution is -0.113. The Morgan fingerprint density at radius 1 is 1.18 bits per heavy atom. The Morgan fingerprint density at radius 2 is 1.95 bits per heavy atom. The molecule has 114 valence electrons. The van der Waals surface area contributed by atoms with Crippen LogP contribution in [-0.4, -0.2) is 21.9 Å². The van der Waals surface area contributed by atoms with Crippen molar-refractivity contribution in [2.45, 2.75) is 18.7 Å². The number of hydrogen-bond acceptors (Lipinski definition) is 5. The summed E-state index contributed by atoms with van der Waals surface area (Å²) in [4.78, 5) is 12.2. The molecule has 5 nitrogen and oxygen atoms in total. The van der Waals surface area contributed by atoms with Gasteiger partial charge in [0.2, 0.25) is 5.91 Å². The van der Waals surface area contributed by atoms with Crippen molar-refractivity contribution < 1.29 is 19.7 Å². The van der Waals surface area contributed by atoms with E-state index in [2.05, 4.69) is 5.32 Å². The first kappa shape index (κ1) is 14.6. The maximum Gasteiger partial charge on any atom is 0.234 e. The second kappa shape index (κ2) is 5.46. The van der Waals surface area contributed by atoms with Crippen molar-refractivity contribution in [3.05, 3.63) is 35.4 Å². The molecule has 1 heterocycles. The second-order valence-corrected chi connectivity index (χ2v) is 6.14. The number of benzene rings is 2. The molecule has 3 rings (SSSR count). The van der Waals surface area contributed by atoms with E-state index in [1.807, 2.05) is 13.0 Å². The van der Waals surface area contributed by atoms with Crippen molar-refractivity contribution in [3.63, 3.8) is 0 Å². The van der Waals surface area contributed by atoms with Crippen molar-refractivity contribution in [2.24, 2.45) is 0 Å². The zero-order valence-electron chi connectivity index (χ0n) is 12.1. The van der Waals surface area contributed by atoms with Gasteiger partial charge in [0.1, 0.15) is 17.2 Å². The average molecular weight is 317 g/mol. The maximum atomic E-state index is 11.5. The van der Waals surface area contributed by atoms with Crippen molar-refractivity contribution in [1.82, 2.24) is 0 Å². The fourth-order valence-corrected chi connectivity index (χ4v) is 3.26. The molecule has 0 saturated carbocycles. The third kappa shape index (κ3) is 2.57. The molecule has 0 atom stereocenters. The first-order chi connectivity index (χ1) is 10.5. The average Bonchev–Trinajstić information content (AvgIpc) is 2.45. The van der Waals surface area contributed by atoms with E-state index in [1.165, 1.54) is 17.8 Å². The Bertz CT molecular complexity index is 773. The highest BCUT2D eigenvalue weighted by Gasteiger charge is 2.25. The van der Waals surface area contributed by atoms with Crippen molar-refractivity contribution in [3.8, 4) is 23.0 Å². The van der Waals surface area contributed by atoms with Crippen LogP contribution in [0.15, 0.2) is 29.2 Å². The Hall–Kier alpha value is -2.34. The van der Waals surface area contributed by atoms with Crippen LogP contribution in [0.1, 0.15) is 11.1 Å². The van der Waals surface area contributed by atoms with Crippen LogP contribution >= 0.6 is 11.8 Å². The van der Waals surface area contributed by atoms with Crippen molar-refractivity contribution in [1.29, 1.82) is 0 Å². The van der Waals surface area contributed by atoms with Gasteiger partial charge in [0.25, 0.3) is 0 Å². The van der Waals surface area contributed by atoms with Crippen LogP contribution in [0.5, 0.6) is 23.0 Å². The summed E-state index contributed by atoms with van der Waals surface area (Å²) in [7, 11) is 0. The number of carbonyl (C=O) groups excluding carboxylic acids is 1. The molecule has 22 heavy (non-hydrogen) atoms.